The van der Waals surface area contributed by atoms with E-state index >= 15 is 0 Å². The first-order valence-corrected chi connectivity index (χ1v) is 3.27. The summed E-state index contributed by atoms with van der Waals surface area (Å²) in [6, 6.07) is 2.71. The molecule has 0 N–H and O–H groups in total. The van der Waals surface area contributed by atoms with Crippen molar-refractivity contribution in [2.24, 2.45) is 0 Å². The topological polar surface area (TPSA) is 17.1 Å². The lowest BCUT2D eigenvalue weighted by molar-refractivity contribution is 0.104. The Balaban J connectivity index is 3.22. The van der Waals surface area contributed by atoms with Gasteiger partial charge in [0.15, 0.2) is 5.78 Å². The SMILES string of the molecule is C=CC(=O)c1cc(F)ccc1F. The van der Waals surface area contributed by atoms with Crippen molar-refractivity contribution in [2.75, 3.05) is 0 Å². The Kier molecular flexibility index (Phi) is 2.33. The highest BCUT2D eigenvalue weighted by molar-refractivity contribution is 6.04. The van der Waals surface area contributed by atoms with Crippen LogP contribution in [-0.4, -0.2) is 5.78 Å². The van der Waals surface area contributed by atoms with E-state index in [-0.39, 0.29) is 5.56 Å². The number of carbonyl (C=O) groups excluding carboxylic acids is 1. The molecular weight excluding hydrogens is 162 g/mol. The van der Waals surface area contributed by atoms with E-state index in [0.717, 1.165) is 24.3 Å². The Morgan fingerprint density at radius 1 is 1.42 bits per heavy atom. The molecule has 0 amide bonds. The molecule has 1 nitrogen and oxygen atoms in total. The van der Waals surface area contributed by atoms with Crippen LogP contribution in [0.2, 0.25) is 0 Å². The number of allylic oxidation sites excluding steroid dienone is 1. The first kappa shape index (κ1) is 8.59. The van der Waals surface area contributed by atoms with E-state index < -0.39 is 17.4 Å². The molecule has 0 radical (unpaired) electrons. The van der Waals surface area contributed by atoms with Gasteiger partial charge in [-0.15, -0.1) is 0 Å². The van der Waals surface area contributed by atoms with Gasteiger partial charge in [-0.3, -0.25) is 4.79 Å². The number of hydrogen-bond donors (Lipinski definition) is 0. The van der Waals surface area contributed by atoms with Crippen LogP contribution in [0.5, 0.6) is 0 Å². The Labute approximate surface area is 68.3 Å². The lowest BCUT2D eigenvalue weighted by Crippen LogP contribution is -1.98. The molecule has 0 heterocycles. The van der Waals surface area contributed by atoms with Gasteiger partial charge in [0.1, 0.15) is 11.6 Å². The summed E-state index contributed by atoms with van der Waals surface area (Å²) in [5.74, 6) is -1.99. The lowest BCUT2D eigenvalue weighted by Gasteiger charge is -1.97. The van der Waals surface area contributed by atoms with Crippen LogP contribution in [0.3, 0.4) is 0 Å². The molecule has 1 aromatic rings. The molecule has 1 rings (SSSR count). The van der Waals surface area contributed by atoms with E-state index in [1.807, 2.05) is 0 Å². The van der Waals surface area contributed by atoms with E-state index in [4.69, 9.17) is 0 Å². The number of ketones is 1. The zero-order valence-electron chi connectivity index (χ0n) is 6.18. The molecule has 0 aliphatic rings. The zero-order chi connectivity index (χ0) is 9.14. The van der Waals surface area contributed by atoms with Crippen molar-refractivity contribution in [3.63, 3.8) is 0 Å². The fourth-order valence-corrected chi connectivity index (χ4v) is 0.796. The average molecular weight is 168 g/mol. The lowest BCUT2D eigenvalue weighted by atomic mass is 10.1. The minimum Gasteiger partial charge on any atom is -0.289 e. The van der Waals surface area contributed by atoms with Gasteiger partial charge in [-0.1, -0.05) is 6.58 Å². The van der Waals surface area contributed by atoms with Crippen molar-refractivity contribution in [3.8, 4) is 0 Å². The second-order valence-electron chi connectivity index (χ2n) is 2.19. The predicted molar refractivity (Wildman–Crippen MR) is 40.9 cm³/mol. The van der Waals surface area contributed by atoms with Gasteiger partial charge in [0.2, 0.25) is 0 Å². The molecule has 1 aromatic carbocycles. The van der Waals surface area contributed by atoms with Crippen molar-refractivity contribution in [2.45, 2.75) is 0 Å². The maximum atomic E-state index is 12.8. The molecule has 0 saturated heterocycles. The van der Waals surface area contributed by atoms with Gasteiger partial charge in [-0.25, -0.2) is 8.78 Å². The van der Waals surface area contributed by atoms with Gasteiger partial charge >= 0.3 is 0 Å². The number of hydrogen-bond acceptors (Lipinski definition) is 1. The minimum atomic E-state index is -0.735. The highest BCUT2D eigenvalue weighted by atomic mass is 19.1. The number of halogens is 2. The highest BCUT2D eigenvalue weighted by Gasteiger charge is 2.08. The van der Waals surface area contributed by atoms with Crippen LogP contribution >= 0.6 is 0 Å². The van der Waals surface area contributed by atoms with E-state index in [1.165, 1.54) is 0 Å². The first-order valence-electron chi connectivity index (χ1n) is 3.27. The Morgan fingerprint density at radius 3 is 2.67 bits per heavy atom. The first-order chi connectivity index (χ1) is 5.65. The van der Waals surface area contributed by atoms with E-state index in [2.05, 4.69) is 6.58 Å². The summed E-state index contributed by atoms with van der Waals surface area (Å²) in [6.45, 7) is 3.17. The van der Waals surface area contributed by atoms with Crippen molar-refractivity contribution >= 4 is 5.78 Å². The molecular formula is C9H6F2O. The third-order valence-electron chi connectivity index (χ3n) is 1.38. The molecule has 0 fully saturated rings. The monoisotopic (exact) mass is 168 g/mol. The third-order valence-corrected chi connectivity index (χ3v) is 1.38. The summed E-state index contributed by atoms with van der Waals surface area (Å²) in [6.07, 6.45) is 0.942. The second kappa shape index (κ2) is 3.26. The standard InChI is InChI=1S/C9H6F2O/c1-2-9(12)7-5-6(10)3-4-8(7)11/h2-5H,1H2. The van der Waals surface area contributed by atoms with Crippen LogP contribution < -0.4 is 0 Å². The van der Waals surface area contributed by atoms with Crippen LogP contribution in [0.25, 0.3) is 0 Å². The predicted octanol–water partition coefficient (Wildman–Crippen LogP) is 2.33. The van der Waals surface area contributed by atoms with Gasteiger partial charge in [0.05, 0.1) is 5.56 Å². The molecule has 62 valence electrons. The van der Waals surface area contributed by atoms with Gasteiger partial charge in [0, 0.05) is 0 Å². The number of benzene rings is 1. The molecule has 0 spiro atoms. The summed E-state index contributed by atoms with van der Waals surface area (Å²) in [7, 11) is 0. The summed E-state index contributed by atoms with van der Waals surface area (Å²) in [5.41, 5.74) is -0.287. The van der Waals surface area contributed by atoms with Gasteiger partial charge in [-0.2, -0.15) is 0 Å². The molecule has 0 unspecified atom stereocenters. The fraction of sp³-hybridized carbons (Fsp3) is 0. The van der Waals surface area contributed by atoms with Crippen molar-refractivity contribution < 1.29 is 13.6 Å². The largest absolute Gasteiger partial charge is 0.289 e. The number of carbonyl (C=O) groups is 1. The van der Waals surface area contributed by atoms with Crippen molar-refractivity contribution in [1.82, 2.24) is 0 Å². The number of rotatable bonds is 2. The summed E-state index contributed by atoms with van der Waals surface area (Å²) < 4.78 is 25.3. The molecule has 0 aliphatic carbocycles. The third kappa shape index (κ3) is 1.56. The molecule has 12 heavy (non-hydrogen) atoms. The second-order valence-corrected chi connectivity index (χ2v) is 2.19. The average Bonchev–Trinajstić information content (AvgIpc) is 2.08. The summed E-state index contributed by atoms with van der Waals surface area (Å²) in [5, 5.41) is 0. The Morgan fingerprint density at radius 2 is 2.08 bits per heavy atom. The molecule has 0 atom stereocenters. The van der Waals surface area contributed by atoms with Crippen LogP contribution in [0.4, 0.5) is 8.78 Å². The van der Waals surface area contributed by atoms with Gasteiger partial charge in [0.25, 0.3) is 0 Å². The van der Waals surface area contributed by atoms with E-state index in [9.17, 15) is 13.6 Å². The molecule has 0 aromatic heterocycles. The summed E-state index contributed by atoms with van der Waals surface area (Å²) in [4.78, 5) is 10.9. The van der Waals surface area contributed by atoms with Gasteiger partial charge < -0.3 is 0 Å². The van der Waals surface area contributed by atoms with Crippen LogP contribution in [0.15, 0.2) is 30.9 Å². The van der Waals surface area contributed by atoms with E-state index in [1.54, 1.807) is 0 Å². The maximum Gasteiger partial charge on any atom is 0.188 e. The Bertz CT molecular complexity index is 331. The minimum absolute atomic E-state index is 0.287. The quantitative estimate of drug-likeness (QED) is 0.489. The summed E-state index contributed by atoms with van der Waals surface area (Å²) >= 11 is 0. The van der Waals surface area contributed by atoms with Crippen LogP contribution in [-0.2, 0) is 0 Å². The molecule has 3 heteroatoms. The van der Waals surface area contributed by atoms with Crippen LogP contribution in [0, 0.1) is 11.6 Å². The molecule has 0 aliphatic heterocycles. The highest BCUT2D eigenvalue weighted by Crippen LogP contribution is 2.10. The smallest absolute Gasteiger partial charge is 0.188 e. The van der Waals surface area contributed by atoms with E-state index in [0.29, 0.717) is 0 Å². The maximum absolute atomic E-state index is 12.8. The Hall–Kier alpha value is -1.51. The fourth-order valence-electron chi connectivity index (χ4n) is 0.796. The zero-order valence-corrected chi connectivity index (χ0v) is 6.18. The van der Waals surface area contributed by atoms with Gasteiger partial charge in [-0.05, 0) is 24.3 Å². The normalized spacial score (nSPS) is 9.50. The van der Waals surface area contributed by atoms with Crippen molar-refractivity contribution in [1.29, 1.82) is 0 Å². The van der Waals surface area contributed by atoms with Crippen LogP contribution in [0.1, 0.15) is 10.4 Å². The molecule has 0 bridgehead atoms. The van der Waals surface area contributed by atoms with Crippen molar-refractivity contribution in [3.05, 3.63) is 48.1 Å². The molecule has 0 saturated carbocycles.